The van der Waals surface area contributed by atoms with Crippen LogP contribution >= 0.6 is 0 Å². The molecule has 0 N–H and O–H groups in total. The number of carbonyl (C=O) groups excluding carboxylic acids is 3. The van der Waals surface area contributed by atoms with E-state index in [4.69, 9.17) is 14.2 Å². The van der Waals surface area contributed by atoms with Crippen LogP contribution in [0.1, 0.15) is 278 Å². The van der Waals surface area contributed by atoms with Crippen LogP contribution in [0.4, 0.5) is 0 Å². The van der Waals surface area contributed by atoms with Crippen LogP contribution in [0.5, 0.6) is 0 Å². The van der Waals surface area contributed by atoms with Gasteiger partial charge in [-0.05, 0) is 148 Å². The SMILES string of the molecule is CC/C=C\C/C=C\C/C=C\C/C=C\C/C=C\C/C=C\CCCCCCCCCCC(=O)OCC(COC(=O)CCCCCCCCC/C=C\C/C=C\CCCCC)OC(=O)CCCCC/C=C\C/C=C\C/C=C\C/C=C\C/C=C\CC. The average molecular weight is 1120 g/mol. The molecule has 0 amide bonds. The Morgan fingerprint density at radius 3 is 0.765 bits per heavy atom. The van der Waals surface area contributed by atoms with Crippen molar-refractivity contribution >= 4 is 17.9 Å². The summed E-state index contributed by atoms with van der Waals surface area (Å²) in [5.74, 6) is -0.953. The first-order valence-electron chi connectivity index (χ1n) is 33.0. The minimum absolute atomic E-state index is 0.104. The standard InChI is InChI=1S/C75H120O6/c1-4-7-10-13-16-19-22-25-28-31-33-34-35-36-37-38-39-40-42-44-47-50-53-56-59-62-65-68-74(77)80-71-72(70-79-73(76)67-64-61-58-55-52-49-46-43-30-27-24-21-18-15-12-9-6-3)81-75(78)69-66-63-60-57-54-51-48-45-41-32-29-26-23-20-17-14-11-8-5-2/h7-8,10-11,16-21,25-30,33-34,36-37,39-41,45,51,54,72H,4-6,9,12-15,22-24,31-32,35,38,42-44,46-50,52-53,55-71H2,1-3H3/b10-7-,11-8-,19-16-,20-17-,21-18-,28-25-,29-26-,30-27-,34-33-,37-36-,40-39-,45-41-,54-51-. The molecule has 0 aromatic carbocycles. The van der Waals surface area contributed by atoms with Gasteiger partial charge in [0, 0.05) is 19.3 Å². The molecule has 81 heavy (non-hydrogen) atoms. The molecule has 0 rings (SSSR count). The summed E-state index contributed by atoms with van der Waals surface area (Å²) >= 11 is 0. The Kier molecular flexibility index (Phi) is 63.4. The Morgan fingerprint density at radius 2 is 0.481 bits per heavy atom. The molecular formula is C75H120O6. The van der Waals surface area contributed by atoms with Crippen LogP contribution < -0.4 is 0 Å². The van der Waals surface area contributed by atoms with Crippen LogP contribution in [-0.4, -0.2) is 37.2 Å². The first-order valence-corrected chi connectivity index (χ1v) is 33.0. The van der Waals surface area contributed by atoms with Gasteiger partial charge in [0.05, 0.1) is 0 Å². The molecule has 0 bridgehead atoms. The third kappa shape index (κ3) is 65.7. The van der Waals surface area contributed by atoms with E-state index < -0.39 is 6.10 Å². The zero-order valence-corrected chi connectivity index (χ0v) is 52.2. The maximum Gasteiger partial charge on any atom is 0.306 e. The summed E-state index contributed by atoms with van der Waals surface area (Å²) in [6, 6.07) is 0. The van der Waals surface area contributed by atoms with Crippen LogP contribution in [0.15, 0.2) is 158 Å². The Hall–Kier alpha value is -4.97. The number of hydrogen-bond donors (Lipinski definition) is 0. The van der Waals surface area contributed by atoms with E-state index in [0.717, 1.165) is 148 Å². The summed E-state index contributed by atoms with van der Waals surface area (Å²) in [5.41, 5.74) is 0. The summed E-state index contributed by atoms with van der Waals surface area (Å²) in [4.78, 5) is 38.4. The first kappa shape index (κ1) is 76.0. The zero-order valence-electron chi connectivity index (χ0n) is 52.2. The predicted octanol–water partition coefficient (Wildman–Crippen LogP) is 22.9. The highest BCUT2D eigenvalue weighted by molar-refractivity contribution is 5.71. The quantitative estimate of drug-likeness (QED) is 0.0261. The number of ether oxygens (including phenoxy) is 3. The molecule has 1 atom stereocenters. The lowest BCUT2D eigenvalue weighted by atomic mass is 10.1. The number of carbonyl (C=O) groups is 3. The average Bonchev–Trinajstić information content (AvgIpc) is 3.47. The van der Waals surface area contributed by atoms with Gasteiger partial charge in [-0.2, -0.15) is 0 Å². The number of allylic oxidation sites excluding steroid dienone is 26. The second kappa shape index (κ2) is 67.5. The molecule has 6 heteroatoms. The van der Waals surface area contributed by atoms with Gasteiger partial charge in [-0.25, -0.2) is 0 Å². The van der Waals surface area contributed by atoms with Crippen LogP contribution in [-0.2, 0) is 28.6 Å². The lowest BCUT2D eigenvalue weighted by Crippen LogP contribution is -2.30. The second-order valence-electron chi connectivity index (χ2n) is 21.3. The van der Waals surface area contributed by atoms with Crippen molar-refractivity contribution in [1.82, 2.24) is 0 Å². The van der Waals surface area contributed by atoms with Crippen molar-refractivity contribution < 1.29 is 28.6 Å². The van der Waals surface area contributed by atoms with Gasteiger partial charge in [-0.1, -0.05) is 269 Å². The third-order valence-electron chi connectivity index (χ3n) is 13.5. The van der Waals surface area contributed by atoms with Gasteiger partial charge in [0.15, 0.2) is 6.10 Å². The third-order valence-corrected chi connectivity index (χ3v) is 13.5. The highest BCUT2D eigenvalue weighted by Gasteiger charge is 2.19. The van der Waals surface area contributed by atoms with Gasteiger partial charge < -0.3 is 14.2 Å². The molecule has 0 aromatic heterocycles. The highest BCUT2D eigenvalue weighted by Crippen LogP contribution is 2.15. The molecule has 0 aliphatic rings. The number of unbranched alkanes of at least 4 members (excludes halogenated alkanes) is 21. The van der Waals surface area contributed by atoms with E-state index in [1.54, 1.807) is 0 Å². The van der Waals surface area contributed by atoms with E-state index in [9.17, 15) is 14.4 Å². The molecule has 0 heterocycles. The van der Waals surface area contributed by atoms with E-state index in [1.165, 1.54) is 83.5 Å². The minimum atomic E-state index is -0.812. The second-order valence-corrected chi connectivity index (χ2v) is 21.3. The van der Waals surface area contributed by atoms with Gasteiger partial charge in [0.25, 0.3) is 0 Å². The minimum Gasteiger partial charge on any atom is -0.462 e. The normalized spacial score (nSPS) is 13.2. The van der Waals surface area contributed by atoms with Crippen LogP contribution in [0.2, 0.25) is 0 Å². The molecule has 0 fully saturated rings. The van der Waals surface area contributed by atoms with Crippen molar-refractivity contribution in [3.8, 4) is 0 Å². The Labute approximate surface area is 499 Å². The fourth-order valence-electron chi connectivity index (χ4n) is 8.62. The lowest BCUT2D eigenvalue weighted by molar-refractivity contribution is -0.167. The van der Waals surface area contributed by atoms with Gasteiger partial charge in [-0.3, -0.25) is 14.4 Å². The Bertz CT molecular complexity index is 1810. The van der Waals surface area contributed by atoms with Crippen molar-refractivity contribution in [3.05, 3.63) is 158 Å². The zero-order chi connectivity index (χ0) is 58.5. The number of hydrogen-bond acceptors (Lipinski definition) is 6. The molecule has 0 aliphatic heterocycles. The fourth-order valence-corrected chi connectivity index (χ4v) is 8.62. The molecular weight excluding hydrogens is 997 g/mol. The molecule has 0 aliphatic carbocycles. The number of esters is 3. The Morgan fingerprint density at radius 1 is 0.259 bits per heavy atom. The molecule has 0 radical (unpaired) electrons. The Balaban J connectivity index is 4.46. The van der Waals surface area contributed by atoms with Gasteiger partial charge in [0.1, 0.15) is 13.2 Å². The molecule has 0 aromatic rings. The van der Waals surface area contributed by atoms with E-state index >= 15 is 0 Å². The molecule has 1 unspecified atom stereocenters. The molecule has 456 valence electrons. The van der Waals surface area contributed by atoms with Gasteiger partial charge in [0.2, 0.25) is 0 Å². The van der Waals surface area contributed by atoms with Gasteiger partial charge >= 0.3 is 17.9 Å². The van der Waals surface area contributed by atoms with Gasteiger partial charge in [-0.15, -0.1) is 0 Å². The lowest BCUT2D eigenvalue weighted by Gasteiger charge is -2.18. The summed E-state index contributed by atoms with van der Waals surface area (Å²) in [5, 5.41) is 0. The highest BCUT2D eigenvalue weighted by atomic mass is 16.6. The van der Waals surface area contributed by atoms with E-state index in [2.05, 4.69) is 179 Å². The summed E-state index contributed by atoms with van der Waals surface area (Å²) in [7, 11) is 0. The van der Waals surface area contributed by atoms with E-state index in [0.29, 0.717) is 19.3 Å². The first-order chi connectivity index (χ1) is 40.0. The molecule has 0 spiro atoms. The van der Waals surface area contributed by atoms with Crippen molar-refractivity contribution in [2.75, 3.05) is 13.2 Å². The van der Waals surface area contributed by atoms with Crippen molar-refractivity contribution in [1.29, 1.82) is 0 Å². The molecule has 0 saturated carbocycles. The summed E-state index contributed by atoms with van der Waals surface area (Å²) in [6.45, 7) is 6.35. The fraction of sp³-hybridized carbons (Fsp3) is 0.613. The monoisotopic (exact) mass is 1120 g/mol. The number of rotatable bonds is 58. The van der Waals surface area contributed by atoms with Crippen molar-refractivity contribution in [2.24, 2.45) is 0 Å². The summed E-state index contributed by atoms with van der Waals surface area (Å²) < 4.78 is 16.9. The predicted molar refractivity (Wildman–Crippen MR) is 352 cm³/mol. The topological polar surface area (TPSA) is 78.9 Å². The maximum atomic E-state index is 12.9. The smallest absolute Gasteiger partial charge is 0.306 e. The van der Waals surface area contributed by atoms with Crippen molar-refractivity contribution in [3.63, 3.8) is 0 Å². The molecule has 0 saturated heterocycles. The van der Waals surface area contributed by atoms with Crippen molar-refractivity contribution in [2.45, 2.75) is 284 Å². The molecule has 6 nitrogen and oxygen atoms in total. The van der Waals surface area contributed by atoms with E-state index in [-0.39, 0.29) is 37.5 Å². The van der Waals surface area contributed by atoms with Crippen LogP contribution in [0.3, 0.4) is 0 Å². The maximum absolute atomic E-state index is 12.9. The van der Waals surface area contributed by atoms with E-state index in [1.807, 2.05) is 0 Å². The van der Waals surface area contributed by atoms with Crippen LogP contribution in [0, 0.1) is 0 Å². The van der Waals surface area contributed by atoms with Crippen LogP contribution in [0.25, 0.3) is 0 Å². The summed E-state index contributed by atoms with van der Waals surface area (Å²) in [6.07, 6.45) is 98.1. The largest absolute Gasteiger partial charge is 0.462 e.